The molecule has 15 heteroatoms. The predicted molar refractivity (Wildman–Crippen MR) is 210 cm³/mol. The van der Waals surface area contributed by atoms with E-state index >= 15 is 0 Å². The van der Waals surface area contributed by atoms with Crippen LogP contribution in [-0.4, -0.2) is 65.5 Å². The van der Waals surface area contributed by atoms with Crippen molar-refractivity contribution in [2.45, 2.75) is 180 Å². The molecule has 0 bridgehead atoms. The van der Waals surface area contributed by atoms with Crippen LogP contribution in [0.5, 0.6) is 0 Å². The van der Waals surface area contributed by atoms with Crippen LogP contribution in [0.25, 0.3) is 20.9 Å². The van der Waals surface area contributed by atoms with Crippen molar-refractivity contribution < 1.29 is 18.9 Å². The quantitative estimate of drug-likeness (QED) is 0.0110. The Labute approximate surface area is 307 Å². The molecule has 0 spiro atoms. The van der Waals surface area contributed by atoms with Gasteiger partial charge in [-0.15, -0.1) is 0 Å². The van der Waals surface area contributed by atoms with Crippen molar-refractivity contribution in [2.75, 3.05) is 26.3 Å². The second kappa shape index (κ2) is 42.5. The number of aliphatic hydroxyl groups excluding tert-OH is 1. The Bertz CT molecular complexity index is 912. The molecule has 0 rings (SSSR count). The Morgan fingerprint density at radius 1 is 0.755 bits per heavy atom. The van der Waals surface area contributed by atoms with Crippen LogP contribution in [0, 0.1) is 0 Å². The third-order valence-electron chi connectivity index (χ3n) is 8.06. The van der Waals surface area contributed by atoms with Crippen molar-refractivity contribution in [1.29, 1.82) is 2.61 Å². The molecule has 0 aromatic rings. The first-order valence-corrected chi connectivity index (χ1v) is 21.2. The summed E-state index contributed by atoms with van der Waals surface area (Å²) in [6.07, 6.45) is 28.4. The maximum Gasteiger partial charge on any atom is 0.220 e. The van der Waals surface area contributed by atoms with Crippen LogP contribution >= 0.6 is 19.3 Å². The van der Waals surface area contributed by atoms with Gasteiger partial charge in [-0.1, -0.05) is 160 Å². The van der Waals surface area contributed by atoms with Gasteiger partial charge >= 0.3 is 0 Å². The van der Waals surface area contributed by atoms with Crippen molar-refractivity contribution in [1.82, 2.24) is 10.6 Å². The van der Waals surface area contributed by atoms with Crippen molar-refractivity contribution in [3.63, 3.8) is 0 Å². The SMILES string of the molecule is CCCCCCCCCCCCCC(=O)N[C@@H](CO)CN=[N+]=[N-].[2H]P([B][3H])SOC[C@@H](CN=[N+]=[N-])NC(=O)CCCCCCCCCCCCC. The number of nitrogens with one attached hydrogen (secondary N) is 2. The molecule has 2 amide bonds. The molecule has 49 heavy (non-hydrogen) atoms. The average molecular weight is 731 g/mol. The first kappa shape index (κ1) is 45.3. The number of azide groups is 2. The first-order chi connectivity index (χ1) is 24.9. The molecule has 0 heterocycles. The van der Waals surface area contributed by atoms with E-state index in [4.69, 9.17) is 23.0 Å². The first-order valence-electron chi connectivity index (χ1n) is 19.9. The lowest BCUT2D eigenvalue weighted by Gasteiger charge is -2.16. The number of carbonyl (C=O) groups is 2. The number of nitrogens with zero attached hydrogens (tertiary/aromatic N) is 6. The fourth-order valence-electron chi connectivity index (χ4n) is 5.20. The van der Waals surface area contributed by atoms with Crippen LogP contribution in [0.2, 0.25) is 0 Å². The number of hydrogen-bond donors (Lipinski definition) is 3. The van der Waals surface area contributed by atoms with E-state index in [1.165, 1.54) is 116 Å². The zero-order valence-corrected chi connectivity index (χ0v) is 32.5. The highest BCUT2D eigenvalue weighted by atomic mass is 32.7. The van der Waals surface area contributed by atoms with Gasteiger partial charge in [0, 0.05) is 47.4 Å². The summed E-state index contributed by atoms with van der Waals surface area (Å²) in [6.45, 7) is 4.63. The minimum Gasteiger partial charge on any atom is -0.394 e. The van der Waals surface area contributed by atoms with Gasteiger partial charge in [-0.2, -0.15) is 0 Å². The molecular formula is C34H69BN8O4PS. The van der Waals surface area contributed by atoms with Gasteiger partial charge in [-0.05, 0) is 25.2 Å². The lowest BCUT2D eigenvalue weighted by molar-refractivity contribution is -0.122. The van der Waals surface area contributed by atoms with Crippen LogP contribution < -0.4 is 10.6 Å². The zero-order valence-electron chi connectivity index (χ0n) is 32.7. The molecular weight excluding hydrogens is 658 g/mol. The maximum absolute atomic E-state index is 12.1. The van der Waals surface area contributed by atoms with E-state index < -0.39 is 19.7 Å². The highest BCUT2D eigenvalue weighted by molar-refractivity contribution is 8.53. The van der Waals surface area contributed by atoms with E-state index in [2.05, 4.69) is 44.5 Å². The lowest BCUT2D eigenvalue weighted by Crippen LogP contribution is -2.39. The Morgan fingerprint density at radius 3 is 1.49 bits per heavy atom. The average Bonchev–Trinajstić information content (AvgIpc) is 3.13. The number of hydrogen-bond acceptors (Lipinski definition) is 7. The Hall–Kier alpha value is -1.68. The van der Waals surface area contributed by atoms with Gasteiger partial charge in [-0.3, -0.25) is 9.59 Å². The van der Waals surface area contributed by atoms with Gasteiger partial charge < -0.3 is 19.9 Å². The minimum atomic E-state index is -1.39. The topological polar surface area (TPSA) is 185 Å². The third kappa shape index (κ3) is 40.6. The summed E-state index contributed by atoms with van der Waals surface area (Å²) < 4.78 is 19.7. The molecule has 0 saturated heterocycles. The molecule has 1 unspecified atom stereocenters. The van der Waals surface area contributed by atoms with Crippen LogP contribution in [-0.2, 0) is 13.8 Å². The Balaban J connectivity index is 0. The van der Waals surface area contributed by atoms with Crippen LogP contribution in [0.4, 0.5) is 0 Å². The van der Waals surface area contributed by atoms with Crippen molar-refractivity contribution in [3.05, 3.63) is 20.9 Å². The van der Waals surface area contributed by atoms with Gasteiger partial charge in [0.1, 0.15) is 7.53 Å². The van der Waals surface area contributed by atoms with Crippen LogP contribution in [0.1, 0.15) is 168 Å². The van der Waals surface area contributed by atoms with E-state index in [-0.39, 0.29) is 38.1 Å². The molecule has 0 aliphatic rings. The highest BCUT2D eigenvalue weighted by Gasteiger charge is 2.12. The molecule has 0 aliphatic heterocycles. The number of amides is 2. The summed E-state index contributed by atoms with van der Waals surface area (Å²) in [4.78, 5) is 29.1. The fourth-order valence-corrected chi connectivity index (χ4v) is 5.85. The maximum atomic E-state index is 12.1. The Kier molecular flexibility index (Phi) is 39.3. The zero-order chi connectivity index (χ0) is 38.0. The van der Waals surface area contributed by atoms with Crippen LogP contribution in [0.15, 0.2) is 10.2 Å². The van der Waals surface area contributed by atoms with E-state index in [9.17, 15) is 9.59 Å². The van der Waals surface area contributed by atoms with Gasteiger partial charge in [0.15, 0.2) is 0 Å². The highest BCUT2D eigenvalue weighted by Crippen LogP contribution is 2.24. The Morgan fingerprint density at radius 2 is 1.12 bits per heavy atom. The van der Waals surface area contributed by atoms with Gasteiger partial charge in [0.05, 0.1) is 26.6 Å². The molecule has 0 aromatic carbocycles. The molecule has 0 fully saturated rings. The summed E-state index contributed by atoms with van der Waals surface area (Å²) in [6, 6.07) is -0.871. The normalized spacial score (nSPS) is 12.9. The second-order valence-electron chi connectivity index (χ2n) is 12.6. The number of unbranched alkanes of at least 4 members (excludes halogenated alkanes) is 20. The van der Waals surface area contributed by atoms with E-state index in [1.54, 1.807) is 0 Å². The monoisotopic (exact) mass is 731 g/mol. The predicted octanol–water partition coefficient (Wildman–Crippen LogP) is 10.0. The summed E-state index contributed by atoms with van der Waals surface area (Å²) in [7, 11) is -0.374. The largest absolute Gasteiger partial charge is 0.394 e. The summed E-state index contributed by atoms with van der Waals surface area (Å²) in [5.41, 5.74) is 16.7. The minimum absolute atomic E-state index is 0.0668. The van der Waals surface area contributed by atoms with Crippen molar-refractivity contribution >= 4 is 38.6 Å². The third-order valence-corrected chi connectivity index (χ3v) is 8.96. The molecule has 0 aliphatic carbocycles. The molecule has 12 nitrogen and oxygen atoms in total. The standard InChI is InChI=1S/C17H35BN4O2PS.C17H34N4O2/c1-2-3-4-5-6-7-8-9-10-11-12-13-17(23)21-16(14-20-22-19)15-24-26-25-18;1-2-3-4-5-6-7-8-9-10-11-12-13-17(23)20-16(15-22)14-19-21-18/h16,18,25H,2-15H2,1H3,(H,21,23);16,22H,2-15H2,1H3,(H,20,23)/t16-,25?;16-/m11/s1/i18T,25D;. The summed E-state index contributed by atoms with van der Waals surface area (Å²) in [5.74, 6) is -0.143. The number of carbonyl (C=O) groups excluding carboxylic acids is 2. The smallest absolute Gasteiger partial charge is 0.220 e. The van der Waals surface area contributed by atoms with Crippen molar-refractivity contribution in [2.24, 2.45) is 10.2 Å². The summed E-state index contributed by atoms with van der Waals surface area (Å²) in [5, 5.41) is 21.4. The number of aliphatic hydroxyl groups is 1. The van der Waals surface area contributed by atoms with E-state index in [1.807, 2.05) is 0 Å². The van der Waals surface area contributed by atoms with E-state index in [0.29, 0.717) is 12.8 Å². The van der Waals surface area contributed by atoms with E-state index in [0.717, 1.165) is 44.9 Å². The molecule has 283 valence electrons. The summed E-state index contributed by atoms with van der Waals surface area (Å²) >= 11 is 0.904. The van der Waals surface area contributed by atoms with Gasteiger partial charge in [0.25, 0.3) is 0 Å². The molecule has 1 radical (unpaired) electrons. The molecule has 0 saturated carbocycles. The number of rotatable bonds is 36. The molecule has 3 atom stereocenters. The molecule has 3 N–H and O–H groups in total. The molecule has 0 aromatic heterocycles. The fraction of sp³-hybridized carbons (Fsp3) is 0.941. The van der Waals surface area contributed by atoms with Crippen LogP contribution in [0.3, 0.4) is 0 Å². The van der Waals surface area contributed by atoms with Gasteiger partial charge in [-0.25, -0.2) is 0 Å². The lowest BCUT2D eigenvalue weighted by atomic mass is 10.1. The van der Waals surface area contributed by atoms with Crippen molar-refractivity contribution in [3.8, 4) is 0 Å². The second-order valence-corrected chi connectivity index (χ2v) is 14.2. The van der Waals surface area contributed by atoms with Gasteiger partial charge in [0.2, 0.25) is 11.8 Å².